The van der Waals surface area contributed by atoms with Gasteiger partial charge in [0.1, 0.15) is 11.9 Å². The minimum atomic E-state index is -0.697. The fourth-order valence-electron chi connectivity index (χ4n) is 11.4. The van der Waals surface area contributed by atoms with Gasteiger partial charge in [-0.25, -0.2) is 4.39 Å². The first-order chi connectivity index (χ1) is 18.0. The van der Waals surface area contributed by atoms with Crippen LogP contribution in [0.1, 0.15) is 99.8 Å². The number of fused-ring (bicyclic) bond motifs is 7. The highest BCUT2D eigenvalue weighted by molar-refractivity contribution is 5.95. The summed E-state index contributed by atoms with van der Waals surface area (Å²) in [5.74, 6) is 1.02. The van der Waals surface area contributed by atoms with Crippen molar-refractivity contribution in [2.45, 2.75) is 106 Å². The average Bonchev–Trinajstić information content (AvgIpc) is 2.82. The molecule has 1 heterocycles. The van der Waals surface area contributed by atoms with E-state index in [1.165, 1.54) is 12.0 Å². The second-order valence-corrected chi connectivity index (χ2v) is 16.7. The number of halogens is 1. The summed E-state index contributed by atoms with van der Waals surface area (Å²) in [5.41, 5.74) is 0.919. The lowest BCUT2D eigenvalue weighted by Gasteiger charge is -2.70. The van der Waals surface area contributed by atoms with Crippen LogP contribution in [-0.2, 0) is 4.79 Å². The van der Waals surface area contributed by atoms with Gasteiger partial charge >= 0.3 is 0 Å². The molecule has 0 aromatic heterocycles. The van der Waals surface area contributed by atoms with Crippen LogP contribution >= 0.6 is 0 Å². The lowest BCUT2D eigenvalue weighted by molar-refractivity contribution is -0.179. The predicted molar refractivity (Wildman–Crippen MR) is 151 cm³/mol. The number of carbonyl (C=O) groups is 1. The van der Waals surface area contributed by atoms with E-state index >= 15 is 0 Å². The summed E-state index contributed by atoms with van der Waals surface area (Å²) >= 11 is 0. The van der Waals surface area contributed by atoms with E-state index in [4.69, 9.17) is 0 Å². The van der Waals surface area contributed by atoms with E-state index in [2.05, 4.69) is 59.4 Å². The second-order valence-electron chi connectivity index (χ2n) is 16.7. The average molecular weight is 537 g/mol. The number of allylic oxidation sites excluding steroid dienone is 4. The molecular weight excluding hydrogens is 487 g/mol. The Morgan fingerprint density at radius 1 is 1.05 bits per heavy atom. The van der Waals surface area contributed by atoms with Crippen LogP contribution in [0.15, 0.2) is 23.0 Å². The van der Waals surface area contributed by atoms with Crippen molar-refractivity contribution in [3.05, 3.63) is 23.0 Å². The molecule has 3 saturated carbocycles. The van der Waals surface area contributed by atoms with Gasteiger partial charge in [0.25, 0.3) is 0 Å². The molecule has 0 bridgehead atoms. The van der Waals surface area contributed by atoms with Crippen LogP contribution in [0.3, 0.4) is 0 Å². The SMILES string of the molecule is CC1(C)CC[C@]2(CN3CC(F)C3)CC[C@]3(C)[C@H](C(=O)C=C4[C@@]5(C)CC(C#N)=C(O)C(C)(C)[C@@H]5CC[C@]43C)[C@@H]2C1. The first kappa shape index (κ1) is 27.5. The fraction of sp³-hybridized carbons (Fsp3) is 0.824. The maximum absolute atomic E-state index is 14.6. The monoisotopic (exact) mass is 536 g/mol. The number of aliphatic hydroxyl groups is 1. The van der Waals surface area contributed by atoms with Crippen LogP contribution < -0.4 is 0 Å². The van der Waals surface area contributed by atoms with Gasteiger partial charge < -0.3 is 5.11 Å². The summed E-state index contributed by atoms with van der Waals surface area (Å²) in [4.78, 5) is 16.9. The summed E-state index contributed by atoms with van der Waals surface area (Å²) in [6, 6.07) is 2.32. The molecule has 6 rings (SSSR count). The molecular formula is C34H49FN2O2. The van der Waals surface area contributed by atoms with Crippen molar-refractivity contribution < 1.29 is 14.3 Å². The van der Waals surface area contributed by atoms with Crippen molar-refractivity contribution in [2.75, 3.05) is 19.6 Å². The smallest absolute Gasteiger partial charge is 0.159 e. The molecule has 39 heavy (non-hydrogen) atoms. The first-order valence-electron chi connectivity index (χ1n) is 15.5. The Balaban J connectivity index is 1.45. The van der Waals surface area contributed by atoms with Gasteiger partial charge in [0.2, 0.25) is 0 Å². The molecule has 214 valence electrons. The molecule has 1 N–H and O–H groups in total. The number of hydrogen-bond donors (Lipinski definition) is 1. The molecule has 4 fully saturated rings. The number of rotatable bonds is 2. The third-order valence-electron chi connectivity index (χ3n) is 13.8. The third-order valence-corrected chi connectivity index (χ3v) is 13.8. The van der Waals surface area contributed by atoms with Crippen LogP contribution in [0, 0.1) is 61.6 Å². The van der Waals surface area contributed by atoms with Crippen LogP contribution in [0.25, 0.3) is 0 Å². The lowest BCUT2D eigenvalue weighted by Crippen LogP contribution is -2.66. The molecule has 5 heteroatoms. The Hall–Kier alpha value is -1.67. The van der Waals surface area contributed by atoms with Crippen LogP contribution in [0.5, 0.6) is 0 Å². The summed E-state index contributed by atoms with van der Waals surface area (Å²) in [7, 11) is 0. The highest BCUT2D eigenvalue weighted by Gasteiger charge is 2.70. The van der Waals surface area contributed by atoms with E-state index < -0.39 is 11.6 Å². The molecule has 0 radical (unpaired) electrons. The molecule has 0 amide bonds. The van der Waals surface area contributed by atoms with Crippen molar-refractivity contribution in [1.29, 1.82) is 5.26 Å². The fourth-order valence-corrected chi connectivity index (χ4v) is 11.4. The number of nitrogens with zero attached hydrogens (tertiary/aromatic N) is 2. The number of aliphatic hydroxyl groups excluding tert-OH is 1. The minimum absolute atomic E-state index is 0.0156. The zero-order valence-electron chi connectivity index (χ0n) is 25.3. The summed E-state index contributed by atoms with van der Waals surface area (Å²) in [6.07, 6.45) is 9.37. The summed E-state index contributed by atoms with van der Waals surface area (Å²) < 4.78 is 13.9. The van der Waals surface area contributed by atoms with Gasteiger partial charge in [-0.1, -0.05) is 54.0 Å². The van der Waals surface area contributed by atoms with Crippen LogP contribution in [0.4, 0.5) is 4.39 Å². The number of ketones is 1. The number of hydrogen-bond acceptors (Lipinski definition) is 4. The third kappa shape index (κ3) is 3.52. The quantitative estimate of drug-likeness (QED) is 0.395. The molecule has 5 aliphatic carbocycles. The molecule has 0 aromatic carbocycles. The molecule has 7 atom stereocenters. The minimum Gasteiger partial charge on any atom is -0.511 e. The van der Waals surface area contributed by atoms with Gasteiger partial charge in [0.05, 0.1) is 11.6 Å². The topological polar surface area (TPSA) is 64.3 Å². The summed E-state index contributed by atoms with van der Waals surface area (Å²) in [5, 5.41) is 21.1. The van der Waals surface area contributed by atoms with Crippen molar-refractivity contribution in [3.8, 4) is 6.07 Å². The first-order valence-corrected chi connectivity index (χ1v) is 15.5. The maximum Gasteiger partial charge on any atom is 0.159 e. The van der Waals surface area contributed by atoms with Crippen LogP contribution in [-0.4, -0.2) is 41.6 Å². The largest absolute Gasteiger partial charge is 0.511 e. The molecule has 0 aromatic rings. The lowest BCUT2D eigenvalue weighted by atomic mass is 9.34. The van der Waals surface area contributed by atoms with Gasteiger partial charge in [0, 0.05) is 31.0 Å². The van der Waals surface area contributed by atoms with Gasteiger partial charge in [-0.15, -0.1) is 0 Å². The van der Waals surface area contributed by atoms with Gasteiger partial charge in [0.15, 0.2) is 5.78 Å². The maximum atomic E-state index is 14.6. The Morgan fingerprint density at radius 2 is 1.72 bits per heavy atom. The van der Waals surface area contributed by atoms with E-state index in [1.54, 1.807) is 0 Å². The van der Waals surface area contributed by atoms with E-state index in [9.17, 15) is 19.6 Å². The van der Waals surface area contributed by atoms with E-state index in [1.807, 2.05) is 6.08 Å². The zero-order chi connectivity index (χ0) is 28.4. The number of alkyl halides is 1. The van der Waals surface area contributed by atoms with Gasteiger partial charge in [-0.3, -0.25) is 9.69 Å². The highest BCUT2D eigenvalue weighted by atomic mass is 19.1. The van der Waals surface area contributed by atoms with Crippen molar-refractivity contribution in [2.24, 2.45) is 50.2 Å². The normalized spacial score (nSPS) is 47.1. The zero-order valence-corrected chi connectivity index (χ0v) is 25.3. The molecule has 0 spiro atoms. The molecule has 6 aliphatic rings. The van der Waals surface area contributed by atoms with Crippen molar-refractivity contribution in [3.63, 3.8) is 0 Å². The van der Waals surface area contributed by atoms with E-state index in [0.29, 0.717) is 36.8 Å². The molecule has 4 nitrogen and oxygen atoms in total. The molecule has 0 unspecified atom stereocenters. The Bertz CT molecular complexity index is 1200. The summed E-state index contributed by atoms with van der Waals surface area (Å²) in [6.45, 7) is 18.1. The number of likely N-dealkylation sites (tertiary alicyclic amines) is 1. The van der Waals surface area contributed by atoms with Crippen LogP contribution in [0.2, 0.25) is 0 Å². The molecule has 1 aliphatic heterocycles. The Labute approximate surface area is 235 Å². The second kappa shape index (κ2) is 8.21. The van der Waals surface area contributed by atoms with Crippen molar-refractivity contribution >= 4 is 5.78 Å². The number of carbonyl (C=O) groups excluding carboxylic acids is 1. The van der Waals surface area contributed by atoms with Gasteiger partial charge in [-0.2, -0.15) is 5.26 Å². The highest BCUT2D eigenvalue weighted by Crippen LogP contribution is 2.75. The molecule has 1 saturated heterocycles. The van der Waals surface area contributed by atoms with E-state index in [0.717, 1.165) is 45.1 Å². The van der Waals surface area contributed by atoms with Gasteiger partial charge in [-0.05, 0) is 96.4 Å². The number of nitriles is 1. The predicted octanol–water partition coefficient (Wildman–Crippen LogP) is 7.57. The Morgan fingerprint density at radius 3 is 2.36 bits per heavy atom. The Kier molecular flexibility index (Phi) is 5.79. The van der Waals surface area contributed by atoms with Crippen molar-refractivity contribution in [1.82, 2.24) is 4.90 Å². The van der Waals surface area contributed by atoms with E-state index in [-0.39, 0.29) is 44.7 Å². The standard InChI is InChI=1S/C34H49FN2O2/c1-29(2)10-12-34(20-37-18-22(35)19-37)13-11-33(7)27(23(34)16-29)24(38)14-26-31(5)15-21(17-36)28(39)30(3,4)25(31)8-9-32(26,33)6/h14,22-23,25,27,39H,8-13,15-16,18-20H2,1-7H3/t23-,25-,27-,31-,32+,33+,34+/m0/s1.